The van der Waals surface area contributed by atoms with Crippen LogP contribution in [0.1, 0.15) is 13.3 Å². The fourth-order valence-corrected chi connectivity index (χ4v) is 1.33. The molecule has 0 atom stereocenters. The van der Waals surface area contributed by atoms with Gasteiger partial charge >= 0.3 is 12.2 Å². The average Bonchev–Trinajstić information content (AvgIpc) is 2.11. The summed E-state index contributed by atoms with van der Waals surface area (Å²) in [6.45, 7) is -0.273. The molecule has 0 spiro atoms. The molecule has 0 aliphatic carbocycles. The Balaban J connectivity index is 2.88. The van der Waals surface area contributed by atoms with Gasteiger partial charge in [-0.2, -0.15) is 13.2 Å². The van der Waals surface area contributed by atoms with Crippen LogP contribution in [0, 0.1) is 0 Å². The van der Waals surface area contributed by atoms with E-state index in [1.54, 1.807) is 0 Å². The third-order valence-electron chi connectivity index (χ3n) is 2.02. The molecule has 0 aromatic carbocycles. The fraction of sp³-hybridized carbons (Fsp3) is 0.625. The molecule has 0 N–H and O–H groups in total. The summed E-state index contributed by atoms with van der Waals surface area (Å²) in [5.74, 6) is -1.88. The Morgan fingerprint density at radius 3 is 2.06 bits per heavy atom. The molecule has 1 aliphatic rings. The van der Waals surface area contributed by atoms with Gasteiger partial charge in [-0.05, 0) is 6.92 Å². The highest BCUT2D eigenvalue weighted by Gasteiger charge is 2.43. The number of halogens is 3. The van der Waals surface area contributed by atoms with Crippen LogP contribution in [0.2, 0.25) is 0 Å². The zero-order chi connectivity index (χ0) is 12.5. The molecule has 1 rings (SSSR count). The van der Waals surface area contributed by atoms with Crippen LogP contribution in [0.3, 0.4) is 0 Å². The van der Waals surface area contributed by atoms with Gasteiger partial charge in [-0.25, -0.2) is 4.79 Å². The summed E-state index contributed by atoms with van der Waals surface area (Å²) in [6.07, 6.45) is -5.36. The lowest BCUT2D eigenvalue weighted by molar-refractivity contribution is -0.162. The number of imide groups is 2. The molecule has 0 radical (unpaired) electrons. The quantitative estimate of drug-likeness (QED) is 0.667. The minimum Gasteiger partial charge on any atom is -0.274 e. The highest BCUT2D eigenvalue weighted by Crippen LogP contribution is 2.20. The van der Waals surface area contributed by atoms with Gasteiger partial charge in [-0.1, -0.05) is 0 Å². The number of alkyl halides is 3. The Kier molecular flexibility index (Phi) is 3.20. The van der Waals surface area contributed by atoms with Crippen LogP contribution < -0.4 is 0 Å². The van der Waals surface area contributed by atoms with Crippen molar-refractivity contribution in [2.24, 2.45) is 0 Å². The smallest absolute Gasteiger partial charge is 0.274 e. The van der Waals surface area contributed by atoms with Crippen LogP contribution in [0.25, 0.3) is 0 Å². The minimum atomic E-state index is -4.66. The van der Waals surface area contributed by atoms with Gasteiger partial charge in [0.15, 0.2) is 0 Å². The Morgan fingerprint density at radius 2 is 1.62 bits per heavy atom. The van der Waals surface area contributed by atoms with E-state index in [0.29, 0.717) is 4.90 Å². The summed E-state index contributed by atoms with van der Waals surface area (Å²) in [5, 5.41) is 0. The summed E-state index contributed by atoms with van der Waals surface area (Å²) in [6, 6.07) is -1.21. The topological polar surface area (TPSA) is 57.7 Å². The summed E-state index contributed by atoms with van der Waals surface area (Å²) < 4.78 is 36.2. The number of carbonyl (C=O) groups excluding carboxylic acids is 3. The molecule has 1 saturated heterocycles. The molecule has 5 nitrogen and oxygen atoms in total. The first-order valence-corrected chi connectivity index (χ1v) is 4.47. The lowest BCUT2D eigenvalue weighted by Crippen LogP contribution is -2.56. The third-order valence-corrected chi connectivity index (χ3v) is 2.02. The summed E-state index contributed by atoms with van der Waals surface area (Å²) in [4.78, 5) is 34.3. The lowest BCUT2D eigenvalue weighted by Gasteiger charge is -2.32. The van der Waals surface area contributed by atoms with E-state index in [4.69, 9.17) is 0 Å². The van der Waals surface area contributed by atoms with Crippen molar-refractivity contribution in [3.63, 3.8) is 0 Å². The van der Waals surface area contributed by atoms with E-state index in [-0.39, 0.29) is 11.4 Å². The predicted octanol–water partition coefficient (Wildman–Crippen LogP) is 0.750. The van der Waals surface area contributed by atoms with E-state index in [0.717, 1.165) is 0 Å². The highest BCUT2D eigenvalue weighted by molar-refractivity contribution is 6.14. The van der Waals surface area contributed by atoms with E-state index < -0.39 is 37.0 Å². The Labute approximate surface area is 88.8 Å². The van der Waals surface area contributed by atoms with Crippen molar-refractivity contribution < 1.29 is 27.6 Å². The molecule has 0 saturated carbocycles. The van der Waals surface area contributed by atoms with Crippen molar-refractivity contribution in [2.75, 3.05) is 13.1 Å². The van der Waals surface area contributed by atoms with Crippen LogP contribution in [0.4, 0.5) is 18.0 Å². The number of amides is 4. The summed E-state index contributed by atoms with van der Waals surface area (Å²) >= 11 is 0. The van der Waals surface area contributed by atoms with Crippen molar-refractivity contribution in [1.82, 2.24) is 9.80 Å². The second-order valence-corrected chi connectivity index (χ2v) is 3.19. The first kappa shape index (κ1) is 12.5. The number of hydrogen-bond donors (Lipinski definition) is 0. The molecule has 90 valence electrons. The van der Waals surface area contributed by atoms with E-state index >= 15 is 0 Å². The van der Waals surface area contributed by atoms with Crippen molar-refractivity contribution >= 4 is 17.8 Å². The molecule has 1 aliphatic heterocycles. The SMILES string of the molecule is CCN1C(=O)CC(=O)N(CC(F)(F)F)C1=O. The molecular weight excluding hydrogens is 229 g/mol. The zero-order valence-electron chi connectivity index (χ0n) is 8.37. The first-order chi connectivity index (χ1) is 7.26. The number of urea groups is 1. The van der Waals surface area contributed by atoms with Gasteiger partial charge in [-0.15, -0.1) is 0 Å². The number of nitrogens with zero attached hydrogens (tertiary/aromatic N) is 2. The van der Waals surface area contributed by atoms with Crippen LogP contribution >= 0.6 is 0 Å². The Bertz CT molecular complexity index is 340. The summed E-state index contributed by atoms with van der Waals surface area (Å²) in [5.41, 5.74) is 0. The number of hydrogen-bond acceptors (Lipinski definition) is 3. The van der Waals surface area contributed by atoms with Gasteiger partial charge in [-0.3, -0.25) is 19.4 Å². The third kappa shape index (κ3) is 2.50. The average molecular weight is 238 g/mol. The fourth-order valence-electron chi connectivity index (χ4n) is 1.33. The maximum atomic E-state index is 12.1. The van der Waals surface area contributed by atoms with Crippen molar-refractivity contribution in [1.29, 1.82) is 0 Å². The molecule has 16 heavy (non-hydrogen) atoms. The largest absolute Gasteiger partial charge is 0.406 e. The van der Waals surface area contributed by atoms with Crippen molar-refractivity contribution in [3.05, 3.63) is 0 Å². The number of barbiturate groups is 1. The standard InChI is InChI=1S/C8H9F3N2O3/c1-2-12-5(14)3-6(15)13(7(12)16)4-8(9,10)11/h2-4H2,1H3. The number of carbonyl (C=O) groups is 3. The highest BCUT2D eigenvalue weighted by atomic mass is 19.4. The van der Waals surface area contributed by atoms with Gasteiger partial charge < -0.3 is 0 Å². The lowest BCUT2D eigenvalue weighted by atomic mass is 10.2. The van der Waals surface area contributed by atoms with Crippen LogP contribution in [0.5, 0.6) is 0 Å². The molecule has 0 aromatic rings. The molecule has 0 aromatic heterocycles. The minimum absolute atomic E-state index is 0.0465. The van der Waals surface area contributed by atoms with E-state index in [9.17, 15) is 27.6 Å². The number of rotatable bonds is 2. The first-order valence-electron chi connectivity index (χ1n) is 4.47. The second kappa shape index (κ2) is 4.11. The summed E-state index contributed by atoms with van der Waals surface area (Å²) in [7, 11) is 0. The monoisotopic (exact) mass is 238 g/mol. The molecule has 1 heterocycles. The van der Waals surface area contributed by atoms with Crippen LogP contribution in [0.15, 0.2) is 0 Å². The zero-order valence-corrected chi connectivity index (χ0v) is 8.37. The van der Waals surface area contributed by atoms with Crippen molar-refractivity contribution in [2.45, 2.75) is 19.5 Å². The van der Waals surface area contributed by atoms with Crippen LogP contribution in [-0.2, 0) is 9.59 Å². The molecule has 4 amide bonds. The van der Waals surface area contributed by atoms with Gasteiger partial charge in [0, 0.05) is 6.54 Å². The molecule has 0 unspecified atom stereocenters. The molecule has 0 bridgehead atoms. The maximum absolute atomic E-state index is 12.1. The normalized spacial score (nSPS) is 18.4. The van der Waals surface area contributed by atoms with E-state index in [1.165, 1.54) is 6.92 Å². The van der Waals surface area contributed by atoms with E-state index in [2.05, 4.69) is 0 Å². The van der Waals surface area contributed by atoms with Gasteiger partial charge in [0.05, 0.1) is 0 Å². The Morgan fingerprint density at radius 1 is 1.12 bits per heavy atom. The second-order valence-electron chi connectivity index (χ2n) is 3.19. The molecule has 1 fully saturated rings. The van der Waals surface area contributed by atoms with Gasteiger partial charge in [0.1, 0.15) is 13.0 Å². The predicted molar refractivity (Wildman–Crippen MR) is 45.2 cm³/mol. The van der Waals surface area contributed by atoms with Crippen LogP contribution in [-0.4, -0.2) is 46.9 Å². The van der Waals surface area contributed by atoms with Gasteiger partial charge in [0.25, 0.3) is 0 Å². The molecular formula is C8H9F3N2O3. The molecule has 8 heteroatoms. The Hall–Kier alpha value is -1.60. The van der Waals surface area contributed by atoms with Crippen molar-refractivity contribution in [3.8, 4) is 0 Å². The van der Waals surface area contributed by atoms with Gasteiger partial charge in [0.2, 0.25) is 11.8 Å². The maximum Gasteiger partial charge on any atom is 0.406 e. The van der Waals surface area contributed by atoms with E-state index in [1.807, 2.05) is 0 Å².